The minimum atomic E-state index is 0.997. The summed E-state index contributed by atoms with van der Waals surface area (Å²) < 4.78 is 0. The number of unbranched alkanes of at least 4 members (excludes halogenated alkanes) is 11. The van der Waals surface area contributed by atoms with E-state index in [9.17, 15) is 0 Å². The van der Waals surface area contributed by atoms with E-state index in [4.69, 9.17) is 0 Å². The van der Waals surface area contributed by atoms with Crippen molar-refractivity contribution in [1.82, 2.24) is 0 Å². The lowest BCUT2D eigenvalue weighted by Gasteiger charge is -2.14. The smallest absolute Gasteiger partial charge is 0.0417 e. The van der Waals surface area contributed by atoms with Crippen LogP contribution in [0.25, 0.3) is 0 Å². The summed E-state index contributed by atoms with van der Waals surface area (Å²) in [7, 11) is 0. The molecule has 0 aliphatic rings. The highest BCUT2D eigenvalue weighted by molar-refractivity contribution is 4.59. The zero-order valence-corrected chi connectivity index (χ0v) is 14.3. The molecule has 0 bridgehead atoms. The maximum absolute atomic E-state index is 3.92. The Morgan fingerprint density at radius 3 is 1.30 bits per heavy atom. The Morgan fingerprint density at radius 2 is 0.900 bits per heavy atom. The molecule has 20 heavy (non-hydrogen) atoms. The molecule has 0 heterocycles. The van der Waals surface area contributed by atoms with Gasteiger partial charge in [-0.3, -0.25) is 0 Å². The Kier molecular flexibility index (Phi) is 17.1. The van der Waals surface area contributed by atoms with E-state index in [0.29, 0.717) is 0 Å². The summed E-state index contributed by atoms with van der Waals surface area (Å²) in [6.07, 6.45) is 22.1. The van der Waals surface area contributed by atoms with Crippen LogP contribution in [0.2, 0.25) is 0 Å². The highest BCUT2D eigenvalue weighted by Crippen LogP contribution is 2.21. The molecule has 0 spiro atoms. The lowest BCUT2D eigenvalue weighted by molar-refractivity contribution is 0.394. The van der Waals surface area contributed by atoms with E-state index in [-0.39, 0.29) is 0 Å². The van der Waals surface area contributed by atoms with Crippen LogP contribution >= 0.6 is 0 Å². The maximum Gasteiger partial charge on any atom is -0.0417 e. The summed E-state index contributed by atoms with van der Waals surface area (Å²) in [4.78, 5) is 0. The molecule has 120 valence electrons. The minimum Gasteiger partial charge on any atom is -0.0651 e. The Balaban J connectivity index is 3.24. The topological polar surface area (TPSA) is 0 Å². The van der Waals surface area contributed by atoms with Gasteiger partial charge in [0.25, 0.3) is 0 Å². The van der Waals surface area contributed by atoms with Crippen molar-refractivity contribution in [3.8, 4) is 0 Å². The zero-order chi connectivity index (χ0) is 14.9. The number of hydrogen-bond acceptors (Lipinski definition) is 0. The van der Waals surface area contributed by atoms with Crippen LogP contribution in [0.1, 0.15) is 110 Å². The second-order valence-electron chi connectivity index (χ2n) is 6.45. The average Bonchev–Trinajstić information content (AvgIpc) is 2.47. The number of rotatable bonds is 16. The third-order valence-corrected chi connectivity index (χ3v) is 4.55. The van der Waals surface area contributed by atoms with Gasteiger partial charge in [0.15, 0.2) is 0 Å². The summed E-state index contributed by atoms with van der Waals surface area (Å²) >= 11 is 0. The Morgan fingerprint density at radius 1 is 0.550 bits per heavy atom. The van der Waals surface area contributed by atoms with E-state index in [1.54, 1.807) is 0 Å². The molecule has 0 amide bonds. The maximum atomic E-state index is 3.92. The molecule has 1 atom stereocenters. The predicted molar refractivity (Wildman–Crippen MR) is 93.8 cm³/mol. The lowest BCUT2D eigenvalue weighted by atomic mass is 9.92. The summed E-state index contributed by atoms with van der Waals surface area (Å²) in [6, 6.07) is 0. The first-order valence-corrected chi connectivity index (χ1v) is 9.43. The average molecular weight is 281 g/mol. The van der Waals surface area contributed by atoms with Gasteiger partial charge in [-0.05, 0) is 5.92 Å². The van der Waals surface area contributed by atoms with Crippen molar-refractivity contribution in [3.63, 3.8) is 0 Å². The van der Waals surface area contributed by atoms with E-state index in [0.717, 1.165) is 18.8 Å². The third kappa shape index (κ3) is 14.4. The normalized spacial score (nSPS) is 12.8. The molecule has 0 heteroatoms. The molecule has 2 radical (unpaired) electrons. The molecule has 0 aliphatic heterocycles. The molecular formula is C20H40. The van der Waals surface area contributed by atoms with Gasteiger partial charge in [0, 0.05) is 0 Å². The van der Waals surface area contributed by atoms with Gasteiger partial charge in [0.05, 0.1) is 0 Å². The van der Waals surface area contributed by atoms with Gasteiger partial charge in [0.1, 0.15) is 0 Å². The van der Waals surface area contributed by atoms with Crippen molar-refractivity contribution >= 4 is 0 Å². The summed E-state index contributed by atoms with van der Waals surface area (Å²) in [5.41, 5.74) is 0. The van der Waals surface area contributed by atoms with Gasteiger partial charge in [-0.1, -0.05) is 124 Å². The zero-order valence-electron chi connectivity index (χ0n) is 14.3. The summed E-state index contributed by atoms with van der Waals surface area (Å²) in [5.74, 6) is 0.997. The molecule has 0 fully saturated rings. The van der Waals surface area contributed by atoms with E-state index >= 15 is 0 Å². The molecule has 0 rings (SSSR count). The van der Waals surface area contributed by atoms with Crippen LogP contribution in [0, 0.1) is 19.8 Å². The van der Waals surface area contributed by atoms with E-state index in [1.807, 2.05) is 0 Å². The van der Waals surface area contributed by atoms with Crippen molar-refractivity contribution in [3.05, 3.63) is 13.8 Å². The van der Waals surface area contributed by atoms with Crippen LogP contribution < -0.4 is 0 Å². The quantitative estimate of drug-likeness (QED) is 0.256. The minimum absolute atomic E-state index is 0.997. The van der Waals surface area contributed by atoms with Crippen LogP contribution in [0.5, 0.6) is 0 Å². The fraction of sp³-hybridized carbons (Fsp3) is 0.900. The van der Waals surface area contributed by atoms with Crippen molar-refractivity contribution in [2.75, 3.05) is 0 Å². The van der Waals surface area contributed by atoms with Gasteiger partial charge in [-0.25, -0.2) is 0 Å². The van der Waals surface area contributed by atoms with Crippen molar-refractivity contribution in [2.45, 2.75) is 110 Å². The van der Waals surface area contributed by atoms with Gasteiger partial charge in [-0.15, -0.1) is 0 Å². The third-order valence-electron chi connectivity index (χ3n) is 4.55. The molecule has 0 aromatic heterocycles. The van der Waals surface area contributed by atoms with Crippen LogP contribution in [0.15, 0.2) is 0 Å². The first kappa shape index (κ1) is 20.0. The fourth-order valence-electron chi connectivity index (χ4n) is 3.01. The molecule has 0 N–H and O–H groups in total. The predicted octanol–water partition coefficient (Wildman–Crippen LogP) is 7.53. The van der Waals surface area contributed by atoms with Crippen LogP contribution in [0.4, 0.5) is 0 Å². The van der Waals surface area contributed by atoms with E-state index in [2.05, 4.69) is 20.8 Å². The molecule has 0 aromatic rings. The first-order valence-electron chi connectivity index (χ1n) is 9.43. The van der Waals surface area contributed by atoms with Gasteiger partial charge >= 0.3 is 0 Å². The van der Waals surface area contributed by atoms with Crippen molar-refractivity contribution in [1.29, 1.82) is 0 Å². The molecular weight excluding hydrogens is 240 g/mol. The standard InChI is InChI=1S/C20H40/c1-4-7-9-11-12-13-14-15-17-19-20(6-3)18-16-10-8-5-2/h20H,1-2,4-19H2,3H3. The Bertz CT molecular complexity index is 161. The second-order valence-corrected chi connectivity index (χ2v) is 6.45. The van der Waals surface area contributed by atoms with Gasteiger partial charge in [0.2, 0.25) is 0 Å². The summed E-state index contributed by atoms with van der Waals surface area (Å²) in [6.45, 7) is 10.2. The fourth-order valence-corrected chi connectivity index (χ4v) is 3.01. The molecule has 1 unspecified atom stereocenters. The Labute approximate surface area is 130 Å². The van der Waals surface area contributed by atoms with Crippen LogP contribution in [-0.4, -0.2) is 0 Å². The van der Waals surface area contributed by atoms with E-state index < -0.39 is 0 Å². The van der Waals surface area contributed by atoms with Crippen molar-refractivity contribution in [2.24, 2.45) is 5.92 Å². The van der Waals surface area contributed by atoms with Crippen LogP contribution in [0.3, 0.4) is 0 Å². The molecule has 0 saturated heterocycles. The first-order chi connectivity index (χ1) is 9.85. The molecule has 0 aromatic carbocycles. The Hall–Kier alpha value is 0. The molecule has 0 nitrogen and oxygen atoms in total. The van der Waals surface area contributed by atoms with Gasteiger partial charge < -0.3 is 0 Å². The largest absolute Gasteiger partial charge is 0.0651 e. The summed E-state index contributed by atoms with van der Waals surface area (Å²) in [5, 5.41) is 0. The highest BCUT2D eigenvalue weighted by Gasteiger charge is 2.05. The highest BCUT2D eigenvalue weighted by atomic mass is 14.1. The lowest BCUT2D eigenvalue weighted by Crippen LogP contribution is -1.99. The SMILES string of the molecule is [CH2]CCCCCCCCCCC(CC)CCCCC[CH2]. The second kappa shape index (κ2) is 17.1. The molecule has 0 saturated carbocycles. The monoisotopic (exact) mass is 280 g/mol. The van der Waals surface area contributed by atoms with Gasteiger partial charge in [-0.2, -0.15) is 0 Å². The van der Waals surface area contributed by atoms with Crippen molar-refractivity contribution < 1.29 is 0 Å². The number of hydrogen-bond donors (Lipinski definition) is 0. The van der Waals surface area contributed by atoms with Crippen LogP contribution in [-0.2, 0) is 0 Å². The molecule has 0 aliphatic carbocycles. The van der Waals surface area contributed by atoms with E-state index in [1.165, 1.54) is 89.9 Å².